The predicted molar refractivity (Wildman–Crippen MR) is 76.0 cm³/mol. The first-order valence-corrected chi connectivity index (χ1v) is 8.11. The van der Waals surface area contributed by atoms with Crippen molar-refractivity contribution < 1.29 is 0 Å². The number of aromatic nitrogens is 2. The van der Waals surface area contributed by atoms with Gasteiger partial charge in [0.15, 0.2) is 0 Å². The van der Waals surface area contributed by atoms with Crippen molar-refractivity contribution in [1.82, 2.24) is 14.7 Å². The highest BCUT2D eigenvalue weighted by Gasteiger charge is 2.49. The molecule has 19 heavy (non-hydrogen) atoms. The maximum absolute atomic E-state index is 4.42. The van der Waals surface area contributed by atoms with Crippen LogP contribution in [0.5, 0.6) is 0 Å². The minimum absolute atomic E-state index is 0.644. The molecular weight excluding hydrogens is 234 g/mol. The van der Waals surface area contributed by atoms with Gasteiger partial charge in [-0.15, -0.1) is 0 Å². The van der Waals surface area contributed by atoms with E-state index in [4.69, 9.17) is 0 Å². The zero-order valence-electron chi connectivity index (χ0n) is 11.8. The van der Waals surface area contributed by atoms with E-state index in [0.717, 1.165) is 11.5 Å². The van der Waals surface area contributed by atoms with Gasteiger partial charge in [0.2, 0.25) is 0 Å². The summed E-state index contributed by atoms with van der Waals surface area (Å²) in [5.41, 5.74) is 0.749. The van der Waals surface area contributed by atoms with Crippen LogP contribution in [0.25, 0.3) is 0 Å². The van der Waals surface area contributed by atoms with Crippen LogP contribution in [0, 0.1) is 5.41 Å². The average molecular weight is 259 g/mol. The summed E-state index contributed by atoms with van der Waals surface area (Å²) < 4.78 is 2.17. The van der Waals surface area contributed by atoms with Crippen molar-refractivity contribution in [2.45, 2.75) is 63.5 Å². The summed E-state index contributed by atoms with van der Waals surface area (Å²) in [5.74, 6) is 0. The summed E-state index contributed by atoms with van der Waals surface area (Å²) in [6.07, 6.45) is 15.6. The monoisotopic (exact) mass is 259 g/mol. The largest absolute Gasteiger partial charge is 0.300 e. The van der Waals surface area contributed by atoms with Crippen molar-refractivity contribution in [3.8, 4) is 0 Å². The SMILES string of the molecule is c1cnn(C2CCN(C3CCCC34CCC4)CC2)c1. The Bertz CT molecular complexity index is 413. The zero-order chi connectivity index (χ0) is 12.7. The van der Waals surface area contributed by atoms with Gasteiger partial charge in [-0.3, -0.25) is 9.58 Å². The van der Waals surface area contributed by atoms with Gasteiger partial charge in [0, 0.05) is 31.5 Å². The molecule has 2 heterocycles. The lowest BCUT2D eigenvalue weighted by atomic mass is 9.64. The number of hydrogen-bond donors (Lipinski definition) is 0. The predicted octanol–water partition coefficient (Wildman–Crippen LogP) is 3.24. The Balaban J connectivity index is 1.40. The second kappa shape index (κ2) is 4.62. The molecule has 0 amide bonds. The third-order valence-electron chi connectivity index (χ3n) is 6.05. The fourth-order valence-electron chi connectivity index (χ4n) is 4.86. The van der Waals surface area contributed by atoms with Crippen LogP contribution in [0.4, 0.5) is 0 Å². The fraction of sp³-hybridized carbons (Fsp3) is 0.812. The highest BCUT2D eigenvalue weighted by molar-refractivity contribution is 5.03. The molecule has 3 aliphatic rings. The summed E-state index contributed by atoms with van der Waals surface area (Å²) in [4.78, 5) is 2.83. The van der Waals surface area contributed by atoms with Crippen LogP contribution in [-0.2, 0) is 0 Å². The van der Waals surface area contributed by atoms with E-state index in [1.54, 1.807) is 0 Å². The number of likely N-dealkylation sites (tertiary alicyclic amines) is 1. The highest BCUT2D eigenvalue weighted by Crippen LogP contribution is 2.55. The van der Waals surface area contributed by atoms with E-state index < -0.39 is 0 Å². The van der Waals surface area contributed by atoms with Crippen LogP contribution in [0.15, 0.2) is 18.5 Å². The second-order valence-corrected chi connectivity index (χ2v) is 6.88. The van der Waals surface area contributed by atoms with Crippen molar-refractivity contribution in [3.05, 3.63) is 18.5 Å². The first-order valence-electron chi connectivity index (χ1n) is 8.11. The fourth-order valence-corrected chi connectivity index (χ4v) is 4.86. The van der Waals surface area contributed by atoms with Crippen LogP contribution in [-0.4, -0.2) is 33.8 Å². The average Bonchev–Trinajstić information content (AvgIpc) is 3.07. The summed E-state index contributed by atoms with van der Waals surface area (Å²) in [6, 6.07) is 3.61. The van der Waals surface area contributed by atoms with Crippen molar-refractivity contribution >= 4 is 0 Å². The normalized spacial score (nSPS) is 31.7. The molecule has 4 rings (SSSR count). The molecule has 0 N–H and O–H groups in total. The Hall–Kier alpha value is -0.830. The van der Waals surface area contributed by atoms with E-state index in [-0.39, 0.29) is 0 Å². The Kier molecular flexibility index (Phi) is 2.91. The Morgan fingerprint density at radius 1 is 1.00 bits per heavy atom. The molecule has 1 atom stereocenters. The van der Waals surface area contributed by atoms with Crippen molar-refractivity contribution in [2.24, 2.45) is 5.41 Å². The van der Waals surface area contributed by atoms with Gasteiger partial charge in [0.05, 0.1) is 6.04 Å². The van der Waals surface area contributed by atoms with Crippen molar-refractivity contribution in [1.29, 1.82) is 0 Å². The summed E-state index contributed by atoms with van der Waals surface area (Å²) in [5, 5.41) is 4.42. The summed E-state index contributed by atoms with van der Waals surface area (Å²) in [6.45, 7) is 2.58. The lowest BCUT2D eigenvalue weighted by Crippen LogP contribution is -2.50. The van der Waals surface area contributed by atoms with E-state index in [9.17, 15) is 0 Å². The smallest absolute Gasteiger partial charge is 0.0543 e. The second-order valence-electron chi connectivity index (χ2n) is 6.88. The standard InChI is InChI=1S/C16H25N3/c1-4-15(16(7-1)8-2-9-16)18-12-5-14(6-13-18)19-11-3-10-17-19/h3,10-11,14-15H,1-2,4-9,12-13H2. The lowest BCUT2D eigenvalue weighted by molar-refractivity contribution is 0.00573. The lowest BCUT2D eigenvalue weighted by Gasteiger charge is -2.49. The van der Waals surface area contributed by atoms with E-state index in [0.29, 0.717) is 6.04 Å². The van der Waals surface area contributed by atoms with E-state index >= 15 is 0 Å². The van der Waals surface area contributed by atoms with Gasteiger partial charge in [0.1, 0.15) is 0 Å². The maximum atomic E-state index is 4.42. The minimum atomic E-state index is 0.644. The van der Waals surface area contributed by atoms with E-state index in [1.165, 1.54) is 64.5 Å². The van der Waals surface area contributed by atoms with Gasteiger partial charge in [-0.2, -0.15) is 5.10 Å². The van der Waals surface area contributed by atoms with Gasteiger partial charge in [-0.25, -0.2) is 0 Å². The van der Waals surface area contributed by atoms with Crippen LogP contribution in [0.3, 0.4) is 0 Å². The third-order valence-corrected chi connectivity index (χ3v) is 6.05. The molecule has 1 aliphatic heterocycles. The van der Waals surface area contributed by atoms with Gasteiger partial charge < -0.3 is 0 Å². The van der Waals surface area contributed by atoms with Gasteiger partial charge in [0.25, 0.3) is 0 Å². The molecule has 1 saturated heterocycles. The van der Waals surface area contributed by atoms with Crippen LogP contribution >= 0.6 is 0 Å². The Labute approximate surface area is 116 Å². The number of piperidine rings is 1. The zero-order valence-corrected chi connectivity index (χ0v) is 11.8. The number of hydrogen-bond acceptors (Lipinski definition) is 2. The van der Waals surface area contributed by atoms with E-state index in [2.05, 4.69) is 20.9 Å². The quantitative estimate of drug-likeness (QED) is 0.813. The van der Waals surface area contributed by atoms with Gasteiger partial charge in [-0.05, 0) is 50.0 Å². The summed E-state index contributed by atoms with van der Waals surface area (Å²) >= 11 is 0. The molecule has 3 nitrogen and oxygen atoms in total. The molecular formula is C16H25N3. The highest BCUT2D eigenvalue weighted by atomic mass is 15.3. The van der Waals surface area contributed by atoms with Crippen molar-refractivity contribution in [2.75, 3.05) is 13.1 Å². The molecule has 0 bridgehead atoms. The van der Waals surface area contributed by atoms with E-state index in [1.807, 2.05) is 12.3 Å². The third kappa shape index (κ3) is 1.94. The Morgan fingerprint density at radius 2 is 1.79 bits per heavy atom. The molecule has 0 aromatic carbocycles. The molecule has 3 heteroatoms. The molecule has 1 aromatic heterocycles. The van der Waals surface area contributed by atoms with Crippen LogP contribution in [0.2, 0.25) is 0 Å². The van der Waals surface area contributed by atoms with Gasteiger partial charge >= 0.3 is 0 Å². The molecule has 104 valence electrons. The van der Waals surface area contributed by atoms with Crippen molar-refractivity contribution in [3.63, 3.8) is 0 Å². The minimum Gasteiger partial charge on any atom is -0.300 e. The first kappa shape index (κ1) is 12.0. The molecule has 1 aromatic rings. The molecule has 2 aliphatic carbocycles. The molecule has 3 fully saturated rings. The number of rotatable bonds is 2. The molecule has 1 spiro atoms. The number of nitrogens with zero attached hydrogens (tertiary/aromatic N) is 3. The van der Waals surface area contributed by atoms with Crippen LogP contribution in [0.1, 0.15) is 57.4 Å². The topological polar surface area (TPSA) is 21.1 Å². The molecule has 0 radical (unpaired) electrons. The summed E-state index contributed by atoms with van der Waals surface area (Å²) in [7, 11) is 0. The molecule has 1 unspecified atom stereocenters. The maximum Gasteiger partial charge on any atom is 0.0543 e. The van der Waals surface area contributed by atoms with Crippen LogP contribution < -0.4 is 0 Å². The van der Waals surface area contributed by atoms with Gasteiger partial charge in [-0.1, -0.05) is 12.8 Å². The molecule has 2 saturated carbocycles. The first-order chi connectivity index (χ1) is 9.37. The Morgan fingerprint density at radius 3 is 2.42 bits per heavy atom.